The Morgan fingerprint density at radius 2 is 1.76 bits per heavy atom. The number of nitrogens with zero attached hydrogens (tertiary/aromatic N) is 5. The van der Waals surface area contributed by atoms with Crippen LogP contribution in [-0.2, 0) is 19.5 Å². The minimum atomic E-state index is 0.600. The number of hydrogen-bond acceptors (Lipinski definition) is 5. The molecule has 0 bridgehead atoms. The van der Waals surface area contributed by atoms with E-state index in [2.05, 4.69) is 19.9 Å². The topological polar surface area (TPSA) is 54.8 Å². The Kier molecular flexibility index (Phi) is 4.61. The highest BCUT2D eigenvalue weighted by molar-refractivity contribution is 6.35. The molecule has 4 rings (SSSR count). The van der Waals surface area contributed by atoms with E-state index in [1.807, 2.05) is 18.3 Å². The van der Waals surface area contributed by atoms with Crippen LogP contribution >= 0.6 is 23.2 Å². The molecule has 5 nitrogen and oxygen atoms in total. The third-order valence-electron chi connectivity index (χ3n) is 4.29. The predicted molar refractivity (Wildman–Crippen MR) is 97.3 cm³/mol. The molecule has 3 aromatic rings. The van der Waals surface area contributed by atoms with E-state index in [1.165, 1.54) is 0 Å². The van der Waals surface area contributed by atoms with E-state index in [0.29, 0.717) is 16.6 Å². The second-order valence-electron chi connectivity index (χ2n) is 5.94. The number of aromatic nitrogens is 4. The number of rotatable bonds is 3. The monoisotopic (exact) mass is 371 g/mol. The third kappa shape index (κ3) is 3.49. The standard InChI is InChI=1S/C18H15Cl2N5/c19-15-8-22-9-16(20)14(15)11-25-6-3-17-13(10-25)7-23-18(24-17)12-1-4-21-5-2-12/h1-2,4-5,7-9H,3,6,10-11H2. The van der Waals surface area contributed by atoms with Crippen molar-refractivity contribution in [3.05, 3.63) is 70.0 Å². The lowest BCUT2D eigenvalue weighted by Crippen LogP contribution is -2.31. The smallest absolute Gasteiger partial charge is 0.159 e. The minimum absolute atomic E-state index is 0.600. The summed E-state index contributed by atoms with van der Waals surface area (Å²) in [4.78, 5) is 19.6. The molecule has 3 aromatic heterocycles. The summed E-state index contributed by atoms with van der Waals surface area (Å²) in [5, 5.41) is 1.20. The molecule has 0 saturated heterocycles. The van der Waals surface area contributed by atoms with Crippen molar-refractivity contribution in [1.29, 1.82) is 0 Å². The van der Waals surface area contributed by atoms with Crippen molar-refractivity contribution in [3.8, 4) is 11.4 Å². The van der Waals surface area contributed by atoms with E-state index < -0.39 is 0 Å². The Morgan fingerprint density at radius 3 is 2.52 bits per heavy atom. The second kappa shape index (κ2) is 7.04. The zero-order chi connectivity index (χ0) is 17.2. The number of hydrogen-bond donors (Lipinski definition) is 0. The average Bonchev–Trinajstić information content (AvgIpc) is 2.65. The molecule has 25 heavy (non-hydrogen) atoms. The molecule has 126 valence electrons. The summed E-state index contributed by atoms with van der Waals surface area (Å²) in [5.74, 6) is 0.745. The van der Waals surface area contributed by atoms with Gasteiger partial charge in [-0.2, -0.15) is 0 Å². The lowest BCUT2D eigenvalue weighted by molar-refractivity contribution is 0.243. The molecule has 0 atom stereocenters. The van der Waals surface area contributed by atoms with Crippen molar-refractivity contribution in [1.82, 2.24) is 24.8 Å². The first-order valence-electron chi connectivity index (χ1n) is 7.96. The van der Waals surface area contributed by atoms with Crippen LogP contribution in [0.4, 0.5) is 0 Å². The fourth-order valence-corrected chi connectivity index (χ4v) is 3.45. The van der Waals surface area contributed by atoms with Crippen LogP contribution in [0.5, 0.6) is 0 Å². The van der Waals surface area contributed by atoms with Gasteiger partial charge in [0, 0.05) is 73.7 Å². The highest BCUT2D eigenvalue weighted by Crippen LogP contribution is 2.27. The van der Waals surface area contributed by atoms with Crippen molar-refractivity contribution in [2.24, 2.45) is 0 Å². The van der Waals surface area contributed by atoms with E-state index in [0.717, 1.165) is 47.7 Å². The first-order chi connectivity index (χ1) is 12.2. The largest absolute Gasteiger partial charge is 0.294 e. The fraction of sp³-hybridized carbons (Fsp3) is 0.222. The third-order valence-corrected chi connectivity index (χ3v) is 4.94. The number of halogens is 2. The SMILES string of the molecule is Clc1cncc(Cl)c1CN1CCc2nc(-c3ccncc3)ncc2C1. The van der Waals surface area contributed by atoms with Crippen molar-refractivity contribution >= 4 is 23.2 Å². The molecule has 0 amide bonds. The zero-order valence-electron chi connectivity index (χ0n) is 13.4. The van der Waals surface area contributed by atoms with E-state index in [9.17, 15) is 0 Å². The molecule has 0 aromatic carbocycles. The Hall–Kier alpha value is -2.08. The van der Waals surface area contributed by atoms with Crippen LogP contribution in [0.1, 0.15) is 16.8 Å². The lowest BCUT2D eigenvalue weighted by Gasteiger charge is -2.28. The van der Waals surface area contributed by atoms with Gasteiger partial charge in [-0.25, -0.2) is 9.97 Å². The van der Waals surface area contributed by atoms with Gasteiger partial charge in [0.05, 0.1) is 15.7 Å². The fourth-order valence-electron chi connectivity index (χ4n) is 2.96. The molecule has 0 radical (unpaired) electrons. The van der Waals surface area contributed by atoms with Crippen LogP contribution in [0.2, 0.25) is 10.0 Å². The van der Waals surface area contributed by atoms with Crippen LogP contribution in [0.3, 0.4) is 0 Å². The normalized spacial score (nSPS) is 14.3. The summed E-state index contributed by atoms with van der Waals surface area (Å²) in [6.45, 7) is 2.36. The molecule has 1 aliphatic heterocycles. The van der Waals surface area contributed by atoms with E-state index >= 15 is 0 Å². The van der Waals surface area contributed by atoms with E-state index in [1.54, 1.807) is 24.8 Å². The van der Waals surface area contributed by atoms with Crippen molar-refractivity contribution < 1.29 is 0 Å². The summed E-state index contributed by atoms with van der Waals surface area (Å²) in [6, 6.07) is 3.84. The van der Waals surface area contributed by atoms with Gasteiger partial charge in [0.25, 0.3) is 0 Å². The highest BCUT2D eigenvalue weighted by Gasteiger charge is 2.20. The first kappa shape index (κ1) is 16.4. The molecule has 7 heteroatoms. The minimum Gasteiger partial charge on any atom is -0.294 e. The molecular weight excluding hydrogens is 357 g/mol. The molecule has 0 fully saturated rings. The maximum atomic E-state index is 6.23. The summed E-state index contributed by atoms with van der Waals surface area (Å²) in [6.07, 6.45) is 9.55. The highest BCUT2D eigenvalue weighted by atomic mass is 35.5. The number of fused-ring (bicyclic) bond motifs is 1. The maximum Gasteiger partial charge on any atom is 0.159 e. The zero-order valence-corrected chi connectivity index (χ0v) is 14.9. The van der Waals surface area contributed by atoms with Gasteiger partial charge in [0.15, 0.2) is 5.82 Å². The van der Waals surface area contributed by atoms with Crippen molar-refractivity contribution in [2.45, 2.75) is 19.5 Å². The second-order valence-corrected chi connectivity index (χ2v) is 6.76. The van der Waals surface area contributed by atoms with Gasteiger partial charge < -0.3 is 0 Å². The Morgan fingerprint density at radius 1 is 1.00 bits per heavy atom. The predicted octanol–water partition coefficient (Wildman–Crippen LogP) is 3.80. The van der Waals surface area contributed by atoms with Gasteiger partial charge in [0.2, 0.25) is 0 Å². The molecule has 4 heterocycles. The quantitative estimate of drug-likeness (QED) is 0.700. The molecule has 1 aliphatic rings. The van der Waals surface area contributed by atoms with Gasteiger partial charge in [-0.15, -0.1) is 0 Å². The average molecular weight is 372 g/mol. The van der Waals surface area contributed by atoms with Crippen molar-refractivity contribution in [3.63, 3.8) is 0 Å². The van der Waals surface area contributed by atoms with E-state index in [4.69, 9.17) is 28.2 Å². The summed E-state index contributed by atoms with van der Waals surface area (Å²) >= 11 is 12.5. The lowest BCUT2D eigenvalue weighted by atomic mass is 10.1. The molecule has 0 N–H and O–H groups in total. The van der Waals surface area contributed by atoms with Gasteiger partial charge in [-0.1, -0.05) is 23.2 Å². The number of pyridine rings is 2. The summed E-state index contributed by atoms with van der Waals surface area (Å²) < 4.78 is 0. The van der Waals surface area contributed by atoms with Crippen LogP contribution in [0.15, 0.2) is 43.1 Å². The van der Waals surface area contributed by atoms with E-state index in [-0.39, 0.29) is 0 Å². The van der Waals surface area contributed by atoms with Crippen molar-refractivity contribution in [2.75, 3.05) is 6.54 Å². The Bertz CT molecular complexity index is 881. The maximum absolute atomic E-state index is 6.23. The Labute approximate surface area is 155 Å². The van der Waals surface area contributed by atoms with Crippen LogP contribution in [0, 0.1) is 0 Å². The van der Waals surface area contributed by atoms with Crippen LogP contribution < -0.4 is 0 Å². The molecule has 0 saturated carbocycles. The molecule has 0 spiro atoms. The molecule has 0 aliphatic carbocycles. The van der Waals surface area contributed by atoms with Gasteiger partial charge in [0.1, 0.15) is 0 Å². The van der Waals surface area contributed by atoms with Gasteiger partial charge in [-0.3, -0.25) is 14.9 Å². The Balaban J connectivity index is 1.54. The summed E-state index contributed by atoms with van der Waals surface area (Å²) in [5.41, 5.74) is 4.14. The molecular formula is C18H15Cl2N5. The van der Waals surface area contributed by atoms with Crippen LogP contribution in [0.25, 0.3) is 11.4 Å². The van der Waals surface area contributed by atoms with Gasteiger partial charge >= 0.3 is 0 Å². The van der Waals surface area contributed by atoms with Gasteiger partial charge in [-0.05, 0) is 12.1 Å². The first-order valence-corrected chi connectivity index (χ1v) is 8.72. The molecule has 0 unspecified atom stereocenters. The summed E-state index contributed by atoms with van der Waals surface area (Å²) in [7, 11) is 0. The van der Waals surface area contributed by atoms with Crippen LogP contribution in [-0.4, -0.2) is 31.4 Å².